The van der Waals surface area contributed by atoms with E-state index in [9.17, 15) is 9.59 Å². The van der Waals surface area contributed by atoms with E-state index in [1.807, 2.05) is 39.1 Å². The van der Waals surface area contributed by atoms with Gasteiger partial charge in [0.25, 0.3) is 11.5 Å². The molecule has 3 aromatic rings. The average molecular weight is 434 g/mol. The number of likely N-dealkylation sites (N-methyl/N-ethyl adjacent to an activating group) is 1. The van der Waals surface area contributed by atoms with Gasteiger partial charge in [-0.1, -0.05) is 0 Å². The summed E-state index contributed by atoms with van der Waals surface area (Å²) < 4.78 is 11.0. The van der Waals surface area contributed by atoms with E-state index in [2.05, 4.69) is 20.2 Å². The molecule has 2 aromatic heterocycles. The first-order chi connectivity index (χ1) is 15.4. The van der Waals surface area contributed by atoms with E-state index >= 15 is 0 Å². The van der Waals surface area contributed by atoms with Crippen LogP contribution in [0.3, 0.4) is 0 Å². The molecular weight excluding hydrogens is 408 g/mol. The molecule has 0 saturated carbocycles. The normalized spacial score (nSPS) is 12.7. The number of anilines is 1. The molecule has 0 unspecified atom stereocenters. The second kappa shape index (κ2) is 8.74. The second-order valence-electron chi connectivity index (χ2n) is 7.86. The van der Waals surface area contributed by atoms with E-state index in [-0.39, 0.29) is 18.0 Å². The van der Waals surface area contributed by atoms with Crippen LogP contribution in [0.5, 0.6) is 11.6 Å². The fourth-order valence-corrected chi connectivity index (χ4v) is 3.83. The number of carbonyl (C=O) groups is 1. The van der Waals surface area contributed by atoms with Crippen LogP contribution in [0.15, 0.2) is 41.3 Å². The maximum atomic E-state index is 13.2. The van der Waals surface area contributed by atoms with E-state index in [0.717, 1.165) is 34.6 Å². The van der Waals surface area contributed by atoms with E-state index in [1.54, 1.807) is 25.4 Å². The molecule has 0 aliphatic carbocycles. The number of aryl methyl sites for hydroxylation is 2. The molecule has 3 heterocycles. The van der Waals surface area contributed by atoms with Gasteiger partial charge in [0.05, 0.1) is 24.9 Å². The zero-order valence-corrected chi connectivity index (χ0v) is 18.6. The number of pyridine rings is 2. The van der Waals surface area contributed by atoms with Gasteiger partial charge < -0.3 is 24.7 Å². The van der Waals surface area contributed by atoms with E-state index < -0.39 is 0 Å². The molecule has 0 spiro atoms. The van der Waals surface area contributed by atoms with Crippen LogP contribution in [-0.2, 0) is 6.54 Å². The minimum atomic E-state index is -0.306. The minimum Gasteiger partial charge on any atom is -0.489 e. The van der Waals surface area contributed by atoms with Crippen LogP contribution >= 0.6 is 0 Å². The zero-order chi connectivity index (χ0) is 22.8. The molecule has 1 aromatic carbocycles. The molecule has 1 amide bonds. The van der Waals surface area contributed by atoms with Gasteiger partial charge in [-0.2, -0.15) is 0 Å². The second-order valence-corrected chi connectivity index (χ2v) is 7.86. The first kappa shape index (κ1) is 21.4. The molecule has 0 fully saturated rings. The molecule has 0 atom stereocenters. The van der Waals surface area contributed by atoms with Gasteiger partial charge in [-0.15, -0.1) is 0 Å². The summed E-state index contributed by atoms with van der Waals surface area (Å²) in [7, 11) is 3.53. The summed E-state index contributed by atoms with van der Waals surface area (Å²) in [5.74, 6) is 0.749. The Bertz CT molecular complexity index is 1220. The fourth-order valence-electron chi connectivity index (χ4n) is 3.83. The highest BCUT2D eigenvalue weighted by Crippen LogP contribution is 2.38. The van der Waals surface area contributed by atoms with E-state index in [1.165, 1.54) is 0 Å². The average Bonchev–Trinajstić information content (AvgIpc) is 2.78. The summed E-state index contributed by atoms with van der Waals surface area (Å²) in [6.07, 6.45) is 1.71. The molecule has 1 aliphatic rings. The van der Waals surface area contributed by atoms with Crippen molar-refractivity contribution in [1.82, 2.24) is 15.3 Å². The van der Waals surface area contributed by atoms with Gasteiger partial charge in [0.15, 0.2) is 5.75 Å². The number of benzene rings is 1. The van der Waals surface area contributed by atoms with Crippen LogP contribution in [0.25, 0.3) is 11.1 Å². The molecule has 166 valence electrons. The quantitative estimate of drug-likeness (QED) is 0.641. The number of rotatable bonds is 5. The van der Waals surface area contributed by atoms with Crippen LogP contribution in [0.2, 0.25) is 0 Å². The molecule has 0 radical (unpaired) electrons. The number of amides is 1. The third-order valence-corrected chi connectivity index (χ3v) is 5.60. The summed E-state index contributed by atoms with van der Waals surface area (Å²) in [6, 6.07) is 9.35. The molecule has 8 nitrogen and oxygen atoms in total. The minimum absolute atomic E-state index is 0.124. The summed E-state index contributed by atoms with van der Waals surface area (Å²) in [5, 5.41) is 2.89. The highest BCUT2D eigenvalue weighted by atomic mass is 16.5. The van der Waals surface area contributed by atoms with Gasteiger partial charge in [0, 0.05) is 42.7 Å². The maximum absolute atomic E-state index is 13.2. The standard InChI is InChI=1S/C24H26N4O4/c1-14-9-15(2)27-24(30)19(14)13-26-23(29)18-10-17(16-5-6-21(31-4)25-12-16)11-20-22(18)32-8-7-28(20)3/h5-6,9-12H,7-8,13H2,1-4H3,(H,26,29)(H,27,30). The van der Waals surface area contributed by atoms with Gasteiger partial charge in [-0.3, -0.25) is 9.59 Å². The van der Waals surface area contributed by atoms with Gasteiger partial charge in [-0.25, -0.2) is 4.98 Å². The van der Waals surface area contributed by atoms with Crippen molar-refractivity contribution in [2.45, 2.75) is 20.4 Å². The Morgan fingerprint density at radius 3 is 2.75 bits per heavy atom. The number of hydrogen-bond acceptors (Lipinski definition) is 6. The number of aromatic amines is 1. The lowest BCUT2D eigenvalue weighted by Crippen LogP contribution is -2.32. The lowest BCUT2D eigenvalue weighted by molar-refractivity contribution is 0.0946. The number of fused-ring (bicyclic) bond motifs is 1. The van der Waals surface area contributed by atoms with Crippen molar-refractivity contribution in [2.24, 2.45) is 0 Å². The van der Waals surface area contributed by atoms with E-state index in [0.29, 0.717) is 29.4 Å². The SMILES string of the molecule is COc1ccc(-c2cc(C(=O)NCc3c(C)cc(C)[nH]c3=O)c3c(c2)N(C)CCO3)cn1. The molecule has 0 saturated heterocycles. The van der Waals surface area contributed by atoms with Crippen molar-refractivity contribution in [1.29, 1.82) is 0 Å². The summed E-state index contributed by atoms with van der Waals surface area (Å²) >= 11 is 0. The fraction of sp³-hybridized carbons (Fsp3) is 0.292. The number of aromatic nitrogens is 2. The Morgan fingerprint density at radius 1 is 1.25 bits per heavy atom. The van der Waals surface area contributed by atoms with Gasteiger partial charge in [0.1, 0.15) is 6.61 Å². The van der Waals surface area contributed by atoms with Gasteiger partial charge >= 0.3 is 0 Å². The highest BCUT2D eigenvalue weighted by molar-refractivity contribution is 6.00. The summed E-state index contributed by atoms with van der Waals surface area (Å²) in [4.78, 5) is 34.7. The van der Waals surface area contributed by atoms with Crippen LogP contribution in [-0.4, -0.2) is 43.2 Å². The predicted octanol–water partition coefficient (Wildman–Crippen LogP) is 2.82. The first-order valence-electron chi connectivity index (χ1n) is 10.4. The zero-order valence-electron chi connectivity index (χ0n) is 18.6. The maximum Gasteiger partial charge on any atom is 0.255 e. The van der Waals surface area contributed by atoms with Gasteiger partial charge in [0.2, 0.25) is 5.88 Å². The Balaban J connectivity index is 1.69. The lowest BCUT2D eigenvalue weighted by atomic mass is 10.0. The lowest BCUT2D eigenvalue weighted by Gasteiger charge is -2.29. The molecule has 32 heavy (non-hydrogen) atoms. The number of carbonyl (C=O) groups excluding carboxylic acids is 1. The molecule has 4 rings (SSSR count). The Labute approximate surface area is 186 Å². The number of nitrogens with one attached hydrogen (secondary N) is 2. The number of H-pyrrole nitrogens is 1. The largest absolute Gasteiger partial charge is 0.489 e. The van der Waals surface area contributed by atoms with Crippen LogP contribution in [0.4, 0.5) is 5.69 Å². The number of ether oxygens (including phenoxy) is 2. The van der Waals surface area contributed by atoms with Gasteiger partial charge in [-0.05, 0) is 49.2 Å². The number of nitrogens with zero attached hydrogens (tertiary/aromatic N) is 2. The van der Waals surface area contributed by atoms with E-state index in [4.69, 9.17) is 9.47 Å². The Kier molecular flexibility index (Phi) is 5.85. The third kappa shape index (κ3) is 4.16. The topological polar surface area (TPSA) is 96.5 Å². The molecule has 1 aliphatic heterocycles. The molecular formula is C24H26N4O4. The Morgan fingerprint density at radius 2 is 2.06 bits per heavy atom. The third-order valence-electron chi connectivity index (χ3n) is 5.60. The van der Waals surface area contributed by atoms with Crippen LogP contribution in [0.1, 0.15) is 27.2 Å². The molecule has 0 bridgehead atoms. The predicted molar refractivity (Wildman–Crippen MR) is 123 cm³/mol. The Hall–Kier alpha value is -3.81. The number of hydrogen-bond donors (Lipinski definition) is 2. The van der Waals surface area contributed by atoms with Crippen LogP contribution in [0, 0.1) is 13.8 Å². The first-order valence-corrected chi connectivity index (χ1v) is 10.4. The van der Waals surface area contributed by atoms with Crippen molar-refractivity contribution >= 4 is 11.6 Å². The number of methoxy groups -OCH3 is 1. The smallest absolute Gasteiger partial charge is 0.255 e. The van der Waals surface area contributed by atoms with Crippen molar-refractivity contribution in [2.75, 3.05) is 32.2 Å². The highest BCUT2D eigenvalue weighted by Gasteiger charge is 2.24. The van der Waals surface area contributed by atoms with Crippen LogP contribution < -0.4 is 25.2 Å². The van der Waals surface area contributed by atoms with Crippen molar-refractivity contribution < 1.29 is 14.3 Å². The monoisotopic (exact) mass is 434 g/mol. The summed E-state index contributed by atoms with van der Waals surface area (Å²) in [6.45, 7) is 5.02. The molecule has 2 N–H and O–H groups in total. The molecule has 8 heteroatoms. The van der Waals surface area contributed by atoms with Crippen molar-refractivity contribution in [3.8, 4) is 22.8 Å². The van der Waals surface area contributed by atoms with Crippen molar-refractivity contribution in [3.05, 3.63) is 69.3 Å². The summed E-state index contributed by atoms with van der Waals surface area (Å²) in [5.41, 5.74) is 4.90. The van der Waals surface area contributed by atoms with Crippen molar-refractivity contribution in [3.63, 3.8) is 0 Å².